The Bertz CT molecular complexity index is 1290. The molecule has 1 aliphatic carbocycles. The highest BCUT2D eigenvalue weighted by molar-refractivity contribution is 9.10. The van der Waals surface area contributed by atoms with Gasteiger partial charge in [0.2, 0.25) is 5.78 Å². The Hall–Kier alpha value is -2.85. The van der Waals surface area contributed by atoms with E-state index in [1.807, 2.05) is 43.3 Å². The van der Waals surface area contributed by atoms with Crippen LogP contribution in [0.2, 0.25) is 0 Å². The predicted molar refractivity (Wildman–Crippen MR) is 147 cm³/mol. The van der Waals surface area contributed by atoms with Gasteiger partial charge in [0.15, 0.2) is 5.76 Å². The first-order valence-corrected chi connectivity index (χ1v) is 13.5. The summed E-state index contributed by atoms with van der Waals surface area (Å²) in [6.45, 7) is 4.05. The van der Waals surface area contributed by atoms with Gasteiger partial charge in [-0.15, -0.1) is 0 Å². The Balaban J connectivity index is 1.43. The zero-order valence-electron chi connectivity index (χ0n) is 20.3. The lowest BCUT2D eigenvalue weighted by Crippen LogP contribution is -2.32. The maximum Gasteiger partial charge on any atom is 0.228 e. The number of fused-ring (bicyclic) bond motifs is 1. The molecule has 1 fully saturated rings. The highest BCUT2D eigenvalue weighted by Gasteiger charge is 2.22. The molecule has 5 rings (SSSR count). The van der Waals surface area contributed by atoms with Crippen LogP contribution in [-0.4, -0.2) is 18.9 Å². The summed E-state index contributed by atoms with van der Waals surface area (Å²) in [5.41, 5.74) is 4.90. The molecule has 35 heavy (non-hydrogen) atoms. The smallest absolute Gasteiger partial charge is 0.228 e. The minimum atomic E-state index is -0.0600. The number of hydrogen-bond donors (Lipinski definition) is 0. The Morgan fingerprint density at radius 1 is 0.971 bits per heavy atom. The van der Waals surface area contributed by atoms with E-state index in [1.165, 1.54) is 43.4 Å². The van der Waals surface area contributed by atoms with Crippen LogP contribution in [0.5, 0.6) is 0 Å². The van der Waals surface area contributed by atoms with Crippen molar-refractivity contribution < 1.29 is 9.21 Å². The zero-order chi connectivity index (χ0) is 24.2. The fourth-order valence-electron chi connectivity index (χ4n) is 5.27. The first-order valence-electron chi connectivity index (χ1n) is 12.7. The van der Waals surface area contributed by atoms with E-state index in [4.69, 9.17) is 4.42 Å². The van der Waals surface area contributed by atoms with Gasteiger partial charge in [-0.3, -0.25) is 4.79 Å². The molecule has 1 saturated carbocycles. The number of carbonyl (C=O) groups excluding carboxylic acids is 1. The van der Waals surface area contributed by atoms with Crippen molar-refractivity contribution in [2.45, 2.75) is 45.4 Å². The van der Waals surface area contributed by atoms with Gasteiger partial charge in [0, 0.05) is 39.8 Å². The second-order valence-corrected chi connectivity index (χ2v) is 10.7. The SMILES string of the molecule is Cc1c(C(=O)c2ccccc2)oc2ccc(N(CCc3ccc(Br)cc3)CC3CCCCC3)cc12. The Morgan fingerprint density at radius 3 is 2.46 bits per heavy atom. The highest BCUT2D eigenvalue weighted by atomic mass is 79.9. The molecule has 1 aromatic heterocycles. The van der Waals surface area contributed by atoms with Crippen LogP contribution < -0.4 is 4.90 Å². The van der Waals surface area contributed by atoms with Crippen LogP contribution in [0.15, 0.2) is 81.7 Å². The van der Waals surface area contributed by atoms with E-state index in [2.05, 4.69) is 57.2 Å². The van der Waals surface area contributed by atoms with Crippen LogP contribution in [0.1, 0.15) is 59.3 Å². The lowest BCUT2D eigenvalue weighted by atomic mass is 9.88. The van der Waals surface area contributed by atoms with E-state index >= 15 is 0 Å². The molecule has 0 unspecified atom stereocenters. The number of furan rings is 1. The average Bonchev–Trinajstić information content (AvgIpc) is 3.23. The molecule has 0 atom stereocenters. The van der Waals surface area contributed by atoms with Gasteiger partial charge >= 0.3 is 0 Å². The van der Waals surface area contributed by atoms with Crippen LogP contribution >= 0.6 is 15.9 Å². The lowest BCUT2D eigenvalue weighted by Gasteiger charge is -2.31. The molecule has 180 valence electrons. The standard InChI is InChI=1S/C31H32BrNO2/c1-22-28-20-27(16-17-29(28)35-31(22)30(34)25-10-6-3-7-11-25)33(21-24-8-4-2-5-9-24)19-18-23-12-14-26(32)15-13-23/h3,6-7,10-17,20,24H,2,4-5,8-9,18-19,21H2,1H3. The van der Waals surface area contributed by atoms with E-state index in [0.29, 0.717) is 11.3 Å². The third-order valence-electron chi connectivity index (χ3n) is 7.31. The van der Waals surface area contributed by atoms with Gasteiger partial charge in [-0.05, 0) is 68.0 Å². The third kappa shape index (κ3) is 5.54. The summed E-state index contributed by atoms with van der Waals surface area (Å²) in [5.74, 6) is 1.12. The first kappa shape index (κ1) is 23.9. The first-order chi connectivity index (χ1) is 17.1. The maximum absolute atomic E-state index is 13.1. The molecule has 0 aliphatic heterocycles. The topological polar surface area (TPSA) is 33.5 Å². The number of carbonyl (C=O) groups is 1. The van der Waals surface area contributed by atoms with Crippen molar-refractivity contribution in [3.05, 3.63) is 99.7 Å². The Labute approximate surface area is 216 Å². The van der Waals surface area contributed by atoms with Crippen LogP contribution in [0.3, 0.4) is 0 Å². The minimum absolute atomic E-state index is 0.0600. The summed E-state index contributed by atoms with van der Waals surface area (Å²) in [5, 5.41) is 1.03. The molecule has 1 aliphatic rings. The predicted octanol–water partition coefficient (Wildman–Crippen LogP) is 8.36. The fourth-order valence-corrected chi connectivity index (χ4v) is 5.53. The Kier molecular flexibility index (Phi) is 7.38. The lowest BCUT2D eigenvalue weighted by molar-refractivity contribution is 0.101. The van der Waals surface area contributed by atoms with Crippen LogP contribution in [0.25, 0.3) is 11.0 Å². The Morgan fingerprint density at radius 2 is 1.71 bits per heavy atom. The van der Waals surface area contributed by atoms with E-state index in [0.717, 1.165) is 46.4 Å². The van der Waals surface area contributed by atoms with Gasteiger partial charge in [0.05, 0.1) is 0 Å². The molecule has 3 aromatic carbocycles. The second kappa shape index (κ2) is 10.8. The summed E-state index contributed by atoms with van der Waals surface area (Å²) in [6, 6.07) is 24.4. The molecule has 4 aromatic rings. The summed E-state index contributed by atoms with van der Waals surface area (Å²) >= 11 is 3.54. The largest absolute Gasteiger partial charge is 0.452 e. The van der Waals surface area contributed by atoms with Crippen molar-refractivity contribution in [1.29, 1.82) is 0 Å². The molecule has 0 bridgehead atoms. The highest BCUT2D eigenvalue weighted by Crippen LogP contribution is 2.32. The molecule has 4 heteroatoms. The molecule has 0 N–H and O–H groups in total. The van der Waals surface area contributed by atoms with Crippen molar-refractivity contribution in [2.24, 2.45) is 5.92 Å². The van der Waals surface area contributed by atoms with E-state index in [1.54, 1.807) is 0 Å². The van der Waals surface area contributed by atoms with Gasteiger partial charge < -0.3 is 9.32 Å². The normalized spacial score (nSPS) is 14.3. The van der Waals surface area contributed by atoms with Crippen LogP contribution in [0.4, 0.5) is 5.69 Å². The number of rotatable bonds is 8. The summed E-state index contributed by atoms with van der Waals surface area (Å²) in [6.07, 6.45) is 7.69. The summed E-state index contributed by atoms with van der Waals surface area (Å²) in [7, 11) is 0. The number of hydrogen-bond acceptors (Lipinski definition) is 3. The molecule has 0 spiro atoms. The van der Waals surface area contributed by atoms with Gasteiger partial charge in [0.1, 0.15) is 5.58 Å². The molecule has 3 nitrogen and oxygen atoms in total. The molecular formula is C31H32BrNO2. The molecule has 1 heterocycles. The summed E-state index contributed by atoms with van der Waals surface area (Å²) < 4.78 is 7.18. The van der Waals surface area contributed by atoms with Gasteiger partial charge in [-0.25, -0.2) is 0 Å². The quantitative estimate of drug-likeness (QED) is 0.215. The van der Waals surface area contributed by atoms with E-state index < -0.39 is 0 Å². The van der Waals surface area contributed by atoms with Crippen molar-refractivity contribution >= 4 is 38.4 Å². The van der Waals surface area contributed by atoms with Crippen molar-refractivity contribution in [1.82, 2.24) is 0 Å². The number of anilines is 1. The number of nitrogens with zero attached hydrogens (tertiary/aromatic N) is 1. The third-order valence-corrected chi connectivity index (χ3v) is 7.84. The number of benzene rings is 3. The molecule has 0 amide bonds. The van der Waals surface area contributed by atoms with Crippen molar-refractivity contribution in [2.75, 3.05) is 18.0 Å². The monoisotopic (exact) mass is 529 g/mol. The van der Waals surface area contributed by atoms with Gasteiger partial charge in [0.25, 0.3) is 0 Å². The van der Waals surface area contributed by atoms with Gasteiger partial charge in [-0.2, -0.15) is 0 Å². The van der Waals surface area contributed by atoms with Gasteiger partial charge in [-0.1, -0.05) is 77.7 Å². The van der Waals surface area contributed by atoms with Crippen molar-refractivity contribution in [3.8, 4) is 0 Å². The molecular weight excluding hydrogens is 498 g/mol. The van der Waals surface area contributed by atoms with Crippen LogP contribution in [0, 0.1) is 12.8 Å². The number of halogens is 1. The minimum Gasteiger partial charge on any atom is -0.452 e. The second-order valence-electron chi connectivity index (χ2n) is 9.76. The average molecular weight is 531 g/mol. The van der Waals surface area contributed by atoms with E-state index in [-0.39, 0.29) is 5.78 Å². The molecule has 0 radical (unpaired) electrons. The number of aryl methyl sites for hydroxylation is 1. The van der Waals surface area contributed by atoms with E-state index in [9.17, 15) is 4.79 Å². The van der Waals surface area contributed by atoms with Crippen molar-refractivity contribution in [3.63, 3.8) is 0 Å². The fraction of sp³-hybridized carbons (Fsp3) is 0.323. The van der Waals surface area contributed by atoms with Crippen LogP contribution in [-0.2, 0) is 6.42 Å². The number of ketones is 1. The zero-order valence-corrected chi connectivity index (χ0v) is 21.9. The summed E-state index contributed by atoms with van der Waals surface area (Å²) in [4.78, 5) is 15.6. The maximum atomic E-state index is 13.1. The molecule has 0 saturated heterocycles.